The summed E-state index contributed by atoms with van der Waals surface area (Å²) in [6.45, 7) is 6.66. The molecule has 2 aromatic rings. The molecule has 0 fully saturated rings. The maximum atomic E-state index is 13.7. The van der Waals surface area contributed by atoms with Crippen molar-refractivity contribution in [2.75, 3.05) is 0 Å². The minimum atomic E-state index is -0.352. The number of aromatic nitrogens is 2. The highest BCUT2D eigenvalue weighted by molar-refractivity contribution is 7.15. The lowest BCUT2D eigenvalue weighted by molar-refractivity contribution is 0.566. The van der Waals surface area contributed by atoms with Gasteiger partial charge in [0.2, 0.25) is 0 Å². The van der Waals surface area contributed by atoms with Crippen molar-refractivity contribution in [2.24, 2.45) is 5.73 Å². The fourth-order valence-corrected chi connectivity index (χ4v) is 2.92. The molecule has 2 heterocycles. The molecule has 0 aliphatic heterocycles. The van der Waals surface area contributed by atoms with Gasteiger partial charge in [0.25, 0.3) is 0 Å². The second-order valence-corrected chi connectivity index (χ2v) is 6.18. The molecule has 2 N–H and O–H groups in total. The molecule has 0 amide bonds. The van der Waals surface area contributed by atoms with Crippen LogP contribution in [0.3, 0.4) is 0 Å². The summed E-state index contributed by atoms with van der Waals surface area (Å²) in [5, 5.41) is 0.667. The lowest BCUT2D eigenvalue weighted by atomic mass is 9.91. The molecule has 0 spiro atoms. The van der Waals surface area contributed by atoms with Gasteiger partial charge in [-0.3, -0.25) is 4.98 Å². The van der Waals surface area contributed by atoms with Gasteiger partial charge >= 0.3 is 0 Å². The Bertz CT molecular complexity index is 558. The van der Waals surface area contributed by atoms with Crippen LogP contribution in [0.4, 0.5) is 4.39 Å². The van der Waals surface area contributed by atoms with Crippen LogP contribution in [0.15, 0.2) is 18.5 Å². The van der Waals surface area contributed by atoms with E-state index in [1.165, 1.54) is 17.5 Å². The van der Waals surface area contributed by atoms with Crippen LogP contribution in [-0.2, 0) is 12.0 Å². The Morgan fingerprint density at radius 2 is 2.11 bits per heavy atom. The molecule has 0 saturated heterocycles. The summed E-state index contributed by atoms with van der Waals surface area (Å²) in [7, 11) is 0. The maximum Gasteiger partial charge on any atom is 0.151 e. The minimum Gasteiger partial charge on any atom is -0.326 e. The van der Waals surface area contributed by atoms with Crippen LogP contribution in [0.25, 0.3) is 10.6 Å². The smallest absolute Gasteiger partial charge is 0.151 e. The Kier molecular flexibility index (Phi) is 3.45. The molecular weight excluding hydrogens is 249 g/mol. The number of thiazole rings is 1. The summed E-state index contributed by atoms with van der Waals surface area (Å²) in [6, 6.07) is 1.64. The number of hydrogen-bond acceptors (Lipinski definition) is 4. The molecule has 18 heavy (non-hydrogen) atoms. The van der Waals surface area contributed by atoms with Gasteiger partial charge in [0.15, 0.2) is 5.82 Å². The van der Waals surface area contributed by atoms with E-state index in [2.05, 4.69) is 30.7 Å². The molecule has 2 rings (SSSR count). The molecule has 96 valence electrons. The number of nitrogens with two attached hydrogens (primary N) is 1. The second-order valence-electron chi connectivity index (χ2n) is 5.10. The first-order valence-electron chi connectivity index (χ1n) is 5.73. The predicted molar refractivity (Wildman–Crippen MR) is 71.9 cm³/mol. The summed E-state index contributed by atoms with van der Waals surface area (Å²) in [5.74, 6) is -0.352. The van der Waals surface area contributed by atoms with Crippen molar-refractivity contribution in [1.29, 1.82) is 0 Å². The average Bonchev–Trinajstić information content (AvgIpc) is 2.73. The van der Waals surface area contributed by atoms with E-state index >= 15 is 0 Å². The maximum absolute atomic E-state index is 13.7. The molecule has 0 unspecified atom stereocenters. The fourth-order valence-electron chi connectivity index (χ4n) is 1.74. The van der Waals surface area contributed by atoms with Crippen LogP contribution in [0.2, 0.25) is 0 Å². The van der Waals surface area contributed by atoms with Gasteiger partial charge in [0.1, 0.15) is 5.01 Å². The molecule has 0 aliphatic rings. The van der Waals surface area contributed by atoms with Gasteiger partial charge in [-0.25, -0.2) is 9.37 Å². The third-order valence-corrected chi connectivity index (χ3v) is 3.71. The van der Waals surface area contributed by atoms with Crippen molar-refractivity contribution in [1.82, 2.24) is 9.97 Å². The van der Waals surface area contributed by atoms with E-state index in [-0.39, 0.29) is 11.2 Å². The SMILES string of the molecule is CC(C)(C)c1nc(-c2ccncc2F)sc1CN. The van der Waals surface area contributed by atoms with E-state index in [9.17, 15) is 4.39 Å². The first kappa shape index (κ1) is 13.1. The molecule has 0 aromatic carbocycles. The third kappa shape index (κ3) is 2.42. The van der Waals surface area contributed by atoms with Crippen molar-refractivity contribution < 1.29 is 4.39 Å². The van der Waals surface area contributed by atoms with Crippen LogP contribution in [0.1, 0.15) is 31.3 Å². The number of rotatable bonds is 2. The average molecular weight is 265 g/mol. The minimum absolute atomic E-state index is 0.0903. The highest BCUT2D eigenvalue weighted by atomic mass is 32.1. The lowest BCUT2D eigenvalue weighted by Gasteiger charge is -2.16. The van der Waals surface area contributed by atoms with E-state index in [0.29, 0.717) is 17.1 Å². The van der Waals surface area contributed by atoms with Gasteiger partial charge in [-0.2, -0.15) is 0 Å². The van der Waals surface area contributed by atoms with Crippen LogP contribution in [-0.4, -0.2) is 9.97 Å². The third-order valence-electron chi connectivity index (χ3n) is 2.60. The number of nitrogens with zero attached hydrogens (tertiary/aromatic N) is 2. The molecule has 0 bridgehead atoms. The summed E-state index contributed by atoms with van der Waals surface area (Å²) < 4.78 is 13.7. The highest BCUT2D eigenvalue weighted by Gasteiger charge is 2.23. The molecule has 2 aromatic heterocycles. The first-order chi connectivity index (χ1) is 8.43. The lowest BCUT2D eigenvalue weighted by Crippen LogP contribution is -2.15. The molecule has 5 heteroatoms. The van der Waals surface area contributed by atoms with Crippen LogP contribution in [0.5, 0.6) is 0 Å². The highest BCUT2D eigenvalue weighted by Crippen LogP contribution is 2.34. The Balaban J connectivity index is 2.55. The summed E-state index contributed by atoms with van der Waals surface area (Å²) in [5.41, 5.74) is 7.08. The zero-order chi connectivity index (χ0) is 13.3. The Morgan fingerprint density at radius 1 is 1.39 bits per heavy atom. The van der Waals surface area contributed by atoms with Gasteiger partial charge in [-0.1, -0.05) is 20.8 Å². The Hall–Kier alpha value is -1.33. The summed E-state index contributed by atoms with van der Waals surface area (Å²) in [4.78, 5) is 9.31. The van der Waals surface area contributed by atoms with Crippen molar-refractivity contribution in [3.63, 3.8) is 0 Å². The normalized spacial score (nSPS) is 11.8. The predicted octanol–water partition coefficient (Wildman–Crippen LogP) is 3.10. The molecular formula is C13H16FN3S. The van der Waals surface area contributed by atoms with Crippen LogP contribution >= 0.6 is 11.3 Å². The Morgan fingerprint density at radius 3 is 2.61 bits per heavy atom. The Labute approximate surface area is 110 Å². The van der Waals surface area contributed by atoms with Gasteiger partial charge in [-0.15, -0.1) is 11.3 Å². The number of halogens is 1. The van der Waals surface area contributed by atoms with Gasteiger partial charge < -0.3 is 5.73 Å². The number of hydrogen-bond donors (Lipinski definition) is 1. The zero-order valence-electron chi connectivity index (χ0n) is 10.7. The van der Waals surface area contributed by atoms with Gasteiger partial charge in [0, 0.05) is 28.6 Å². The summed E-state index contributed by atoms with van der Waals surface area (Å²) in [6.07, 6.45) is 2.77. The monoisotopic (exact) mass is 265 g/mol. The van der Waals surface area contributed by atoms with Crippen molar-refractivity contribution >= 4 is 11.3 Å². The van der Waals surface area contributed by atoms with E-state index in [0.717, 1.165) is 10.6 Å². The molecule has 0 aliphatic carbocycles. The van der Waals surface area contributed by atoms with E-state index in [1.54, 1.807) is 12.3 Å². The van der Waals surface area contributed by atoms with E-state index in [4.69, 9.17) is 5.73 Å². The first-order valence-corrected chi connectivity index (χ1v) is 6.55. The van der Waals surface area contributed by atoms with E-state index < -0.39 is 0 Å². The summed E-state index contributed by atoms with van der Waals surface area (Å²) >= 11 is 1.45. The van der Waals surface area contributed by atoms with E-state index in [1.807, 2.05) is 0 Å². The number of pyridine rings is 1. The molecule has 0 saturated carbocycles. The fraction of sp³-hybridized carbons (Fsp3) is 0.385. The van der Waals surface area contributed by atoms with Crippen molar-refractivity contribution in [3.05, 3.63) is 34.8 Å². The second kappa shape index (κ2) is 4.74. The van der Waals surface area contributed by atoms with Crippen molar-refractivity contribution in [3.8, 4) is 10.6 Å². The zero-order valence-corrected chi connectivity index (χ0v) is 11.5. The van der Waals surface area contributed by atoms with Crippen LogP contribution < -0.4 is 5.73 Å². The topological polar surface area (TPSA) is 51.8 Å². The molecule has 0 radical (unpaired) electrons. The van der Waals surface area contributed by atoms with Gasteiger partial charge in [0.05, 0.1) is 11.9 Å². The molecule has 0 atom stereocenters. The quantitative estimate of drug-likeness (QED) is 0.907. The van der Waals surface area contributed by atoms with Gasteiger partial charge in [-0.05, 0) is 6.07 Å². The standard InChI is InChI=1S/C13H16FN3S/c1-13(2,3)11-10(6-15)18-12(17-11)8-4-5-16-7-9(8)14/h4-5,7H,6,15H2,1-3H3. The molecule has 3 nitrogen and oxygen atoms in total. The van der Waals surface area contributed by atoms with Crippen molar-refractivity contribution in [2.45, 2.75) is 32.7 Å². The largest absolute Gasteiger partial charge is 0.326 e. The van der Waals surface area contributed by atoms with Crippen LogP contribution in [0, 0.1) is 5.82 Å².